The third-order valence-electron chi connectivity index (χ3n) is 4.90. The molecule has 1 aliphatic heterocycles. The van der Waals surface area contributed by atoms with Gasteiger partial charge in [-0.05, 0) is 41.5 Å². The number of nitrogens with zero attached hydrogens (tertiary/aromatic N) is 2. The lowest BCUT2D eigenvalue weighted by atomic mass is 9.96. The Bertz CT molecular complexity index is 1160. The van der Waals surface area contributed by atoms with Crippen LogP contribution < -0.4 is 0 Å². The highest BCUT2D eigenvalue weighted by molar-refractivity contribution is 6.14. The maximum atomic E-state index is 13.1. The van der Waals surface area contributed by atoms with Gasteiger partial charge in [0.2, 0.25) is 5.78 Å². The van der Waals surface area contributed by atoms with Crippen LogP contribution in [0.2, 0.25) is 0 Å². The summed E-state index contributed by atoms with van der Waals surface area (Å²) in [6.07, 6.45) is -0.351. The molecule has 31 heavy (non-hydrogen) atoms. The highest BCUT2D eigenvalue weighted by Crippen LogP contribution is 2.40. The van der Waals surface area contributed by atoms with Gasteiger partial charge in [-0.3, -0.25) is 14.6 Å². The maximum absolute atomic E-state index is 13.1. The van der Waals surface area contributed by atoms with Crippen LogP contribution in [-0.4, -0.2) is 26.7 Å². The molecule has 1 N–H and O–H groups in total. The summed E-state index contributed by atoms with van der Waals surface area (Å²) in [5.74, 6) is -2.43. The molecule has 0 bridgehead atoms. The number of hydrogen-bond acceptors (Lipinski definition) is 5. The van der Waals surface area contributed by atoms with Gasteiger partial charge in [0.05, 0.1) is 23.4 Å². The molecule has 2 aromatic heterocycles. The van der Waals surface area contributed by atoms with E-state index in [0.717, 1.165) is 17.0 Å². The molecule has 4 rings (SSSR count). The zero-order chi connectivity index (χ0) is 22.2. The van der Waals surface area contributed by atoms with E-state index in [2.05, 4.69) is 4.98 Å². The molecule has 0 saturated heterocycles. The molecule has 0 radical (unpaired) electrons. The number of aliphatic hydroxyl groups excluding tert-OH is 1. The summed E-state index contributed by atoms with van der Waals surface area (Å²) in [5, 5.41) is 10.5. The summed E-state index contributed by atoms with van der Waals surface area (Å²) in [7, 11) is 0. The highest BCUT2D eigenvalue weighted by atomic mass is 19.4. The fourth-order valence-corrected chi connectivity index (χ4v) is 3.52. The molecule has 0 saturated carbocycles. The number of amides is 1. The van der Waals surface area contributed by atoms with Gasteiger partial charge in [-0.2, -0.15) is 13.2 Å². The molecule has 0 spiro atoms. The van der Waals surface area contributed by atoms with Crippen molar-refractivity contribution in [1.29, 1.82) is 0 Å². The minimum Gasteiger partial charge on any atom is -0.503 e. The Balaban J connectivity index is 1.76. The smallest absolute Gasteiger partial charge is 0.416 e. The first-order chi connectivity index (χ1) is 14.8. The van der Waals surface area contributed by atoms with Crippen molar-refractivity contribution in [3.05, 3.63) is 101 Å². The van der Waals surface area contributed by atoms with E-state index in [1.165, 1.54) is 42.9 Å². The van der Waals surface area contributed by atoms with Crippen LogP contribution in [0.4, 0.5) is 13.2 Å². The lowest BCUT2D eigenvalue weighted by Gasteiger charge is -2.26. The van der Waals surface area contributed by atoms with E-state index in [0.29, 0.717) is 5.56 Å². The summed E-state index contributed by atoms with van der Waals surface area (Å²) < 4.78 is 44.4. The van der Waals surface area contributed by atoms with Crippen LogP contribution in [0.5, 0.6) is 0 Å². The Hall–Kier alpha value is -3.88. The number of aliphatic hydroxyl groups is 1. The van der Waals surface area contributed by atoms with E-state index < -0.39 is 35.2 Å². The molecule has 6 nitrogen and oxygen atoms in total. The molecule has 1 aliphatic rings. The van der Waals surface area contributed by atoms with E-state index in [1.807, 2.05) is 0 Å². The van der Waals surface area contributed by atoms with Gasteiger partial charge >= 0.3 is 6.18 Å². The Kier molecular flexibility index (Phi) is 5.10. The second kappa shape index (κ2) is 7.75. The number of carbonyl (C=O) groups excluding carboxylic acids is 2. The van der Waals surface area contributed by atoms with Crippen molar-refractivity contribution in [2.75, 3.05) is 0 Å². The predicted octanol–water partition coefficient (Wildman–Crippen LogP) is 4.47. The first-order valence-electron chi connectivity index (χ1n) is 9.15. The van der Waals surface area contributed by atoms with Crippen LogP contribution in [-0.2, 0) is 17.5 Å². The van der Waals surface area contributed by atoms with Crippen molar-refractivity contribution in [3.8, 4) is 0 Å². The van der Waals surface area contributed by atoms with Crippen molar-refractivity contribution < 1.29 is 32.3 Å². The van der Waals surface area contributed by atoms with Crippen LogP contribution >= 0.6 is 0 Å². The first kappa shape index (κ1) is 20.4. The lowest BCUT2D eigenvalue weighted by Crippen LogP contribution is -2.30. The summed E-state index contributed by atoms with van der Waals surface area (Å²) >= 11 is 0. The van der Waals surface area contributed by atoms with Gasteiger partial charge in [0.25, 0.3) is 5.91 Å². The highest BCUT2D eigenvalue weighted by Gasteiger charge is 2.44. The summed E-state index contributed by atoms with van der Waals surface area (Å²) in [6, 6.07) is 9.56. The molecule has 158 valence electrons. The predicted molar refractivity (Wildman–Crippen MR) is 102 cm³/mol. The van der Waals surface area contributed by atoms with E-state index in [4.69, 9.17) is 4.42 Å². The quantitative estimate of drug-likeness (QED) is 0.606. The molecular formula is C22H15F3N2O4. The van der Waals surface area contributed by atoms with Crippen LogP contribution in [0, 0.1) is 0 Å². The van der Waals surface area contributed by atoms with Gasteiger partial charge in [-0.1, -0.05) is 18.2 Å². The number of carbonyl (C=O) groups is 2. The van der Waals surface area contributed by atoms with Gasteiger partial charge in [-0.25, -0.2) is 0 Å². The minimum atomic E-state index is -4.55. The van der Waals surface area contributed by atoms with Crippen molar-refractivity contribution in [1.82, 2.24) is 9.88 Å². The third kappa shape index (κ3) is 3.81. The average molecular weight is 428 g/mol. The van der Waals surface area contributed by atoms with Gasteiger partial charge in [0, 0.05) is 18.9 Å². The summed E-state index contributed by atoms with van der Waals surface area (Å²) in [4.78, 5) is 31.0. The van der Waals surface area contributed by atoms with Crippen molar-refractivity contribution >= 4 is 11.7 Å². The fraction of sp³-hybridized carbons (Fsp3) is 0.136. The normalized spacial score (nSPS) is 16.8. The monoisotopic (exact) mass is 428 g/mol. The van der Waals surface area contributed by atoms with Gasteiger partial charge in [-0.15, -0.1) is 0 Å². The van der Waals surface area contributed by atoms with E-state index in [1.54, 1.807) is 12.1 Å². The van der Waals surface area contributed by atoms with Gasteiger partial charge in [0.15, 0.2) is 11.5 Å². The summed E-state index contributed by atoms with van der Waals surface area (Å²) in [5.41, 5.74) is -0.475. The Morgan fingerprint density at radius 2 is 1.97 bits per heavy atom. The summed E-state index contributed by atoms with van der Waals surface area (Å²) in [6.45, 7) is -0.263. The Morgan fingerprint density at radius 1 is 1.16 bits per heavy atom. The van der Waals surface area contributed by atoms with Crippen LogP contribution in [0.25, 0.3) is 0 Å². The number of alkyl halides is 3. The molecule has 1 aromatic carbocycles. The minimum absolute atomic E-state index is 0.0795. The van der Waals surface area contributed by atoms with Crippen LogP contribution in [0.15, 0.2) is 82.9 Å². The lowest BCUT2D eigenvalue weighted by molar-refractivity contribution is -0.137. The van der Waals surface area contributed by atoms with Crippen molar-refractivity contribution in [3.63, 3.8) is 0 Å². The number of pyridine rings is 1. The molecule has 3 aromatic rings. The van der Waals surface area contributed by atoms with Crippen molar-refractivity contribution in [2.24, 2.45) is 0 Å². The molecule has 0 aliphatic carbocycles. The number of ketones is 1. The van der Waals surface area contributed by atoms with E-state index >= 15 is 0 Å². The first-order valence-corrected chi connectivity index (χ1v) is 9.15. The number of benzene rings is 1. The third-order valence-corrected chi connectivity index (χ3v) is 4.90. The number of halogens is 3. The number of hydrogen-bond donors (Lipinski definition) is 1. The molecule has 1 amide bonds. The molecule has 9 heteroatoms. The number of rotatable bonds is 5. The Labute approximate surface area is 174 Å². The van der Waals surface area contributed by atoms with Crippen LogP contribution in [0.3, 0.4) is 0 Å². The van der Waals surface area contributed by atoms with E-state index in [-0.39, 0.29) is 23.4 Å². The van der Waals surface area contributed by atoms with Gasteiger partial charge in [0.1, 0.15) is 0 Å². The van der Waals surface area contributed by atoms with E-state index in [9.17, 15) is 27.9 Å². The standard InChI is InChI=1S/C22H15F3N2O4/c23-22(24,25)15-6-1-4-13(10-15)12-27-18(14-5-2-8-26-11-14)17(20(29)21(27)30)19(28)16-7-3-9-31-16/h1-11,18,29H,12H2. The number of Topliss-reactive ketones (excluding diaryl/α,β-unsaturated/α-hetero) is 1. The largest absolute Gasteiger partial charge is 0.503 e. The van der Waals surface area contributed by atoms with Gasteiger partial charge < -0.3 is 14.4 Å². The topological polar surface area (TPSA) is 83.6 Å². The second-order valence-electron chi connectivity index (χ2n) is 6.89. The van der Waals surface area contributed by atoms with Crippen LogP contribution in [0.1, 0.15) is 33.3 Å². The fourth-order valence-electron chi connectivity index (χ4n) is 3.52. The molecule has 3 heterocycles. The number of furan rings is 1. The zero-order valence-corrected chi connectivity index (χ0v) is 15.8. The SMILES string of the molecule is O=C(C1=C(O)C(=O)N(Cc2cccc(C(F)(F)F)c2)C1c1cccnc1)c1ccco1. The zero-order valence-electron chi connectivity index (χ0n) is 15.8. The second-order valence-corrected chi connectivity index (χ2v) is 6.89. The molecule has 1 atom stereocenters. The molecule has 1 unspecified atom stereocenters. The molecular weight excluding hydrogens is 413 g/mol. The Morgan fingerprint density at radius 3 is 2.61 bits per heavy atom. The molecule has 0 fully saturated rings. The maximum Gasteiger partial charge on any atom is 0.416 e. The average Bonchev–Trinajstić information content (AvgIpc) is 3.37. The van der Waals surface area contributed by atoms with Crippen molar-refractivity contribution in [2.45, 2.75) is 18.8 Å². The number of aromatic nitrogens is 1.